The molecule has 23 heavy (non-hydrogen) atoms. The Bertz CT molecular complexity index is 668. The number of methoxy groups -OCH3 is 1. The van der Waals surface area contributed by atoms with Crippen molar-refractivity contribution in [3.05, 3.63) is 39.5 Å². The SMILES string of the molecule is CCNC(=NCc1cccc(OC)n1)NCc1sc(C)nc1C. The van der Waals surface area contributed by atoms with E-state index >= 15 is 0 Å². The summed E-state index contributed by atoms with van der Waals surface area (Å²) in [7, 11) is 1.61. The van der Waals surface area contributed by atoms with Gasteiger partial charge in [0.1, 0.15) is 0 Å². The Balaban J connectivity index is 2.00. The van der Waals surface area contributed by atoms with E-state index in [9.17, 15) is 0 Å². The Kier molecular flexibility index (Phi) is 6.34. The molecule has 0 atom stereocenters. The molecule has 124 valence electrons. The molecule has 0 amide bonds. The number of pyridine rings is 1. The van der Waals surface area contributed by atoms with Crippen LogP contribution in [0.3, 0.4) is 0 Å². The summed E-state index contributed by atoms with van der Waals surface area (Å²) in [5.41, 5.74) is 1.94. The van der Waals surface area contributed by atoms with E-state index in [-0.39, 0.29) is 0 Å². The van der Waals surface area contributed by atoms with Crippen molar-refractivity contribution < 1.29 is 4.74 Å². The maximum absolute atomic E-state index is 5.13. The van der Waals surface area contributed by atoms with Gasteiger partial charge in [-0.3, -0.25) is 0 Å². The smallest absolute Gasteiger partial charge is 0.213 e. The topological polar surface area (TPSA) is 71.4 Å². The second-order valence-electron chi connectivity index (χ2n) is 4.96. The van der Waals surface area contributed by atoms with Crippen molar-refractivity contribution in [2.75, 3.05) is 13.7 Å². The fourth-order valence-corrected chi connectivity index (χ4v) is 2.94. The van der Waals surface area contributed by atoms with E-state index in [4.69, 9.17) is 4.74 Å². The number of hydrogen-bond acceptors (Lipinski definition) is 5. The maximum atomic E-state index is 5.13. The monoisotopic (exact) mass is 333 g/mol. The first kappa shape index (κ1) is 17.2. The molecule has 0 aliphatic carbocycles. The fourth-order valence-electron chi connectivity index (χ4n) is 2.06. The molecular weight excluding hydrogens is 310 g/mol. The van der Waals surface area contributed by atoms with Crippen LogP contribution in [0.25, 0.3) is 0 Å². The number of nitrogens with one attached hydrogen (secondary N) is 2. The minimum atomic E-state index is 0.493. The van der Waals surface area contributed by atoms with Gasteiger partial charge < -0.3 is 15.4 Å². The summed E-state index contributed by atoms with van der Waals surface area (Å²) in [6.07, 6.45) is 0. The van der Waals surface area contributed by atoms with Crippen molar-refractivity contribution in [1.29, 1.82) is 0 Å². The summed E-state index contributed by atoms with van der Waals surface area (Å²) in [5.74, 6) is 1.37. The molecule has 0 aliphatic heterocycles. The van der Waals surface area contributed by atoms with E-state index in [0.717, 1.165) is 28.9 Å². The van der Waals surface area contributed by atoms with Gasteiger partial charge in [-0.15, -0.1) is 11.3 Å². The van der Waals surface area contributed by atoms with Crippen LogP contribution < -0.4 is 15.4 Å². The molecule has 0 fully saturated rings. The minimum absolute atomic E-state index is 0.493. The third kappa shape index (κ3) is 5.21. The predicted molar refractivity (Wildman–Crippen MR) is 94.0 cm³/mol. The lowest BCUT2D eigenvalue weighted by Gasteiger charge is -2.10. The second-order valence-corrected chi connectivity index (χ2v) is 6.25. The van der Waals surface area contributed by atoms with Gasteiger partial charge in [0.2, 0.25) is 5.88 Å². The fraction of sp³-hybridized carbons (Fsp3) is 0.438. The zero-order chi connectivity index (χ0) is 16.7. The molecule has 2 aromatic rings. The van der Waals surface area contributed by atoms with Crippen LogP contribution in [0, 0.1) is 13.8 Å². The number of aliphatic imine (C=N–C) groups is 1. The van der Waals surface area contributed by atoms with E-state index in [1.54, 1.807) is 18.4 Å². The van der Waals surface area contributed by atoms with Crippen molar-refractivity contribution in [3.63, 3.8) is 0 Å². The van der Waals surface area contributed by atoms with Crippen molar-refractivity contribution in [2.24, 2.45) is 4.99 Å². The Morgan fingerprint density at radius 2 is 2.09 bits per heavy atom. The molecule has 2 aromatic heterocycles. The highest BCUT2D eigenvalue weighted by molar-refractivity contribution is 7.11. The summed E-state index contributed by atoms with van der Waals surface area (Å²) >= 11 is 1.71. The summed E-state index contributed by atoms with van der Waals surface area (Å²) in [6, 6.07) is 5.68. The predicted octanol–water partition coefficient (Wildman–Crippen LogP) is 2.42. The Hall–Kier alpha value is -2.15. The highest BCUT2D eigenvalue weighted by atomic mass is 32.1. The number of nitrogens with zero attached hydrogens (tertiary/aromatic N) is 3. The zero-order valence-corrected chi connectivity index (χ0v) is 14.8. The third-order valence-electron chi connectivity index (χ3n) is 3.15. The van der Waals surface area contributed by atoms with Crippen LogP contribution in [0.2, 0.25) is 0 Å². The van der Waals surface area contributed by atoms with Crippen LogP contribution in [0.1, 0.15) is 28.2 Å². The number of ether oxygens (including phenoxy) is 1. The summed E-state index contributed by atoms with van der Waals surface area (Å²) in [5, 5.41) is 7.67. The molecule has 0 spiro atoms. The Morgan fingerprint density at radius 3 is 2.74 bits per heavy atom. The molecule has 0 aliphatic rings. The number of aromatic nitrogens is 2. The largest absolute Gasteiger partial charge is 0.481 e. The minimum Gasteiger partial charge on any atom is -0.481 e. The maximum Gasteiger partial charge on any atom is 0.213 e. The van der Waals surface area contributed by atoms with Crippen LogP contribution >= 0.6 is 11.3 Å². The van der Waals surface area contributed by atoms with Gasteiger partial charge in [0.25, 0.3) is 0 Å². The van der Waals surface area contributed by atoms with Gasteiger partial charge in [0.15, 0.2) is 5.96 Å². The first-order chi connectivity index (χ1) is 11.1. The summed E-state index contributed by atoms with van der Waals surface area (Å²) in [4.78, 5) is 14.6. The lowest BCUT2D eigenvalue weighted by atomic mass is 10.3. The molecule has 0 saturated carbocycles. The van der Waals surface area contributed by atoms with Crippen molar-refractivity contribution in [2.45, 2.75) is 33.9 Å². The average Bonchev–Trinajstić information content (AvgIpc) is 2.88. The van der Waals surface area contributed by atoms with Gasteiger partial charge in [-0.05, 0) is 26.8 Å². The molecule has 6 nitrogen and oxygen atoms in total. The average molecular weight is 333 g/mol. The van der Waals surface area contributed by atoms with Gasteiger partial charge in [-0.1, -0.05) is 6.07 Å². The lowest BCUT2D eigenvalue weighted by Crippen LogP contribution is -2.36. The van der Waals surface area contributed by atoms with E-state index < -0.39 is 0 Å². The molecular formula is C16H23N5OS. The van der Waals surface area contributed by atoms with Gasteiger partial charge >= 0.3 is 0 Å². The van der Waals surface area contributed by atoms with Crippen LogP contribution in [-0.4, -0.2) is 29.6 Å². The van der Waals surface area contributed by atoms with Crippen LogP contribution in [0.4, 0.5) is 0 Å². The molecule has 0 aromatic carbocycles. The Morgan fingerprint density at radius 1 is 1.26 bits per heavy atom. The first-order valence-corrected chi connectivity index (χ1v) is 8.39. The molecule has 0 radical (unpaired) electrons. The number of aryl methyl sites for hydroxylation is 2. The van der Waals surface area contributed by atoms with E-state index in [2.05, 4.69) is 25.6 Å². The van der Waals surface area contributed by atoms with Crippen molar-refractivity contribution in [1.82, 2.24) is 20.6 Å². The van der Waals surface area contributed by atoms with E-state index in [0.29, 0.717) is 19.0 Å². The number of thiazole rings is 1. The quantitative estimate of drug-likeness (QED) is 0.627. The van der Waals surface area contributed by atoms with Crippen molar-refractivity contribution in [3.8, 4) is 5.88 Å². The molecule has 7 heteroatoms. The second kappa shape index (κ2) is 8.47. The number of rotatable bonds is 6. The lowest BCUT2D eigenvalue weighted by molar-refractivity contribution is 0.396. The van der Waals surface area contributed by atoms with Gasteiger partial charge in [0.05, 0.1) is 36.6 Å². The van der Waals surface area contributed by atoms with E-state index in [1.165, 1.54) is 4.88 Å². The van der Waals surface area contributed by atoms with Crippen LogP contribution in [-0.2, 0) is 13.1 Å². The van der Waals surface area contributed by atoms with Crippen molar-refractivity contribution >= 4 is 17.3 Å². The third-order valence-corrected chi connectivity index (χ3v) is 4.22. The van der Waals surface area contributed by atoms with Crippen LogP contribution in [0.5, 0.6) is 5.88 Å². The normalized spacial score (nSPS) is 11.4. The van der Waals surface area contributed by atoms with Gasteiger partial charge in [-0.2, -0.15) is 0 Å². The molecule has 2 N–H and O–H groups in total. The molecule has 0 bridgehead atoms. The highest BCUT2D eigenvalue weighted by Crippen LogP contribution is 2.16. The molecule has 2 heterocycles. The number of hydrogen-bond donors (Lipinski definition) is 2. The summed E-state index contributed by atoms with van der Waals surface area (Å²) in [6.45, 7) is 8.11. The van der Waals surface area contributed by atoms with E-state index in [1.807, 2.05) is 39.0 Å². The summed E-state index contributed by atoms with van der Waals surface area (Å²) < 4.78 is 5.13. The van der Waals surface area contributed by atoms with Crippen LogP contribution in [0.15, 0.2) is 23.2 Å². The molecule has 2 rings (SSSR count). The van der Waals surface area contributed by atoms with Gasteiger partial charge in [0, 0.05) is 17.5 Å². The molecule has 0 unspecified atom stereocenters. The first-order valence-electron chi connectivity index (χ1n) is 7.57. The zero-order valence-electron chi connectivity index (χ0n) is 14.0. The highest BCUT2D eigenvalue weighted by Gasteiger charge is 2.06. The number of guanidine groups is 1. The Labute approximate surface area is 141 Å². The van der Waals surface area contributed by atoms with Gasteiger partial charge in [-0.25, -0.2) is 15.0 Å². The molecule has 0 saturated heterocycles. The standard InChI is InChI=1S/C16H23N5OS/c1-5-17-16(19-10-14-11(2)20-12(3)23-14)18-9-13-7-6-8-15(21-13)22-4/h6-8H,5,9-10H2,1-4H3,(H2,17,18,19).